The number of aromatic carboxylic acids is 1. The summed E-state index contributed by atoms with van der Waals surface area (Å²) in [6.07, 6.45) is 1.48. The number of nitrogens with one attached hydrogen (secondary N) is 1. The molecule has 0 aliphatic rings. The van der Waals surface area contributed by atoms with Crippen molar-refractivity contribution in [1.82, 2.24) is 9.88 Å². The quantitative estimate of drug-likeness (QED) is 0.861. The second-order valence-corrected chi connectivity index (χ2v) is 4.99. The first kappa shape index (κ1) is 15.4. The fraction of sp³-hybridized carbons (Fsp3) is 0.417. The standard InChI is InChI=1S/C12H16BrN3O3/c1-4-16(3)11(17)7(2)15-10-9(12(18)19)5-8(13)6-14-10/h5-7H,4H2,1-3H3,(H,14,15)(H,18,19). The lowest BCUT2D eigenvalue weighted by Crippen LogP contribution is -2.39. The van der Waals surface area contributed by atoms with Crippen molar-refractivity contribution in [3.63, 3.8) is 0 Å². The van der Waals surface area contributed by atoms with Crippen molar-refractivity contribution in [1.29, 1.82) is 0 Å². The molecule has 0 radical (unpaired) electrons. The number of rotatable bonds is 5. The van der Waals surface area contributed by atoms with Gasteiger partial charge in [0.2, 0.25) is 5.91 Å². The van der Waals surface area contributed by atoms with Gasteiger partial charge in [-0.05, 0) is 35.8 Å². The number of hydrogen-bond acceptors (Lipinski definition) is 4. The monoisotopic (exact) mass is 329 g/mol. The summed E-state index contributed by atoms with van der Waals surface area (Å²) in [5.74, 6) is -1.04. The molecule has 0 aliphatic heterocycles. The SMILES string of the molecule is CCN(C)C(=O)C(C)Nc1ncc(Br)cc1C(=O)O. The molecule has 1 aromatic rings. The normalized spacial score (nSPS) is 11.8. The van der Waals surface area contributed by atoms with Crippen LogP contribution in [0.4, 0.5) is 5.82 Å². The molecule has 0 fully saturated rings. The second kappa shape index (κ2) is 6.51. The molecule has 1 amide bonds. The number of anilines is 1. The van der Waals surface area contributed by atoms with E-state index in [1.807, 2.05) is 6.92 Å². The molecule has 1 rings (SSSR count). The highest BCUT2D eigenvalue weighted by atomic mass is 79.9. The lowest BCUT2D eigenvalue weighted by molar-refractivity contribution is -0.130. The van der Waals surface area contributed by atoms with Crippen LogP contribution in [0.15, 0.2) is 16.7 Å². The number of nitrogens with zero attached hydrogens (tertiary/aromatic N) is 2. The molecule has 6 nitrogen and oxygen atoms in total. The van der Waals surface area contributed by atoms with Crippen LogP contribution in [-0.4, -0.2) is 46.5 Å². The van der Waals surface area contributed by atoms with E-state index in [-0.39, 0.29) is 17.3 Å². The zero-order chi connectivity index (χ0) is 14.6. The van der Waals surface area contributed by atoms with Crippen molar-refractivity contribution in [2.75, 3.05) is 18.9 Å². The number of hydrogen-bond donors (Lipinski definition) is 2. The van der Waals surface area contributed by atoms with Crippen LogP contribution in [-0.2, 0) is 4.79 Å². The van der Waals surface area contributed by atoms with Gasteiger partial charge in [-0.2, -0.15) is 0 Å². The third-order valence-electron chi connectivity index (χ3n) is 2.66. The Morgan fingerprint density at radius 1 is 1.58 bits per heavy atom. The van der Waals surface area contributed by atoms with Crippen LogP contribution < -0.4 is 5.32 Å². The minimum Gasteiger partial charge on any atom is -0.478 e. The number of aromatic nitrogens is 1. The maximum absolute atomic E-state index is 11.9. The molecule has 0 saturated carbocycles. The van der Waals surface area contributed by atoms with Gasteiger partial charge in [0.1, 0.15) is 17.4 Å². The molecule has 1 unspecified atom stereocenters. The average Bonchev–Trinajstić information content (AvgIpc) is 2.38. The maximum Gasteiger partial charge on any atom is 0.339 e. The average molecular weight is 330 g/mol. The van der Waals surface area contributed by atoms with E-state index in [9.17, 15) is 9.59 Å². The topological polar surface area (TPSA) is 82.5 Å². The molecule has 19 heavy (non-hydrogen) atoms. The summed E-state index contributed by atoms with van der Waals surface area (Å²) in [7, 11) is 1.69. The number of likely N-dealkylation sites (N-methyl/N-ethyl adjacent to an activating group) is 1. The molecule has 1 aromatic heterocycles. The summed E-state index contributed by atoms with van der Waals surface area (Å²) >= 11 is 3.17. The number of pyridine rings is 1. The predicted octanol–water partition coefficient (Wildman–Crippen LogP) is 1.82. The molecule has 0 spiro atoms. The van der Waals surface area contributed by atoms with Gasteiger partial charge in [-0.15, -0.1) is 0 Å². The molecule has 1 atom stereocenters. The summed E-state index contributed by atoms with van der Waals surface area (Å²) in [6, 6.07) is 0.898. The molecule has 104 valence electrons. The Hall–Kier alpha value is -1.63. The van der Waals surface area contributed by atoms with E-state index in [0.29, 0.717) is 11.0 Å². The van der Waals surface area contributed by atoms with Gasteiger partial charge >= 0.3 is 5.97 Å². The van der Waals surface area contributed by atoms with Crippen LogP contribution >= 0.6 is 15.9 Å². The fourth-order valence-electron chi connectivity index (χ4n) is 1.47. The van der Waals surface area contributed by atoms with Crippen LogP contribution in [0, 0.1) is 0 Å². The highest BCUT2D eigenvalue weighted by Crippen LogP contribution is 2.19. The van der Waals surface area contributed by atoms with Crippen molar-refractivity contribution in [3.05, 3.63) is 22.3 Å². The van der Waals surface area contributed by atoms with E-state index in [4.69, 9.17) is 5.11 Å². The highest BCUT2D eigenvalue weighted by molar-refractivity contribution is 9.10. The first-order chi connectivity index (χ1) is 8.86. The summed E-state index contributed by atoms with van der Waals surface area (Å²) in [5, 5.41) is 11.9. The van der Waals surface area contributed by atoms with Crippen molar-refractivity contribution in [2.45, 2.75) is 19.9 Å². The Morgan fingerprint density at radius 2 is 2.21 bits per heavy atom. The number of carbonyl (C=O) groups excluding carboxylic acids is 1. The third kappa shape index (κ3) is 3.92. The first-order valence-corrected chi connectivity index (χ1v) is 6.56. The molecule has 7 heteroatoms. The van der Waals surface area contributed by atoms with Crippen LogP contribution in [0.25, 0.3) is 0 Å². The van der Waals surface area contributed by atoms with Gasteiger partial charge in [0.25, 0.3) is 0 Å². The minimum atomic E-state index is -1.10. The van der Waals surface area contributed by atoms with E-state index in [0.717, 1.165) is 0 Å². The largest absolute Gasteiger partial charge is 0.478 e. The zero-order valence-corrected chi connectivity index (χ0v) is 12.6. The summed E-state index contributed by atoms with van der Waals surface area (Å²) < 4.78 is 0.570. The Morgan fingerprint density at radius 3 is 2.74 bits per heavy atom. The van der Waals surface area contributed by atoms with Crippen LogP contribution in [0.5, 0.6) is 0 Å². The second-order valence-electron chi connectivity index (χ2n) is 4.07. The van der Waals surface area contributed by atoms with Crippen molar-refractivity contribution in [2.24, 2.45) is 0 Å². The number of amides is 1. The smallest absolute Gasteiger partial charge is 0.339 e. The van der Waals surface area contributed by atoms with Crippen LogP contribution in [0.2, 0.25) is 0 Å². The maximum atomic E-state index is 11.9. The summed E-state index contributed by atoms with van der Waals surface area (Å²) in [5.41, 5.74) is 0.0215. The molecule has 0 aromatic carbocycles. The zero-order valence-electron chi connectivity index (χ0n) is 11.0. The number of carbonyl (C=O) groups is 2. The third-order valence-corrected chi connectivity index (χ3v) is 3.09. The molecular weight excluding hydrogens is 314 g/mol. The Labute approximate surface area is 120 Å². The van der Waals surface area contributed by atoms with E-state index < -0.39 is 12.0 Å². The van der Waals surface area contributed by atoms with Gasteiger partial charge < -0.3 is 15.3 Å². The van der Waals surface area contributed by atoms with E-state index in [2.05, 4.69) is 26.2 Å². The molecular formula is C12H16BrN3O3. The van der Waals surface area contributed by atoms with Gasteiger partial charge in [0.15, 0.2) is 0 Å². The van der Waals surface area contributed by atoms with Gasteiger partial charge in [-0.25, -0.2) is 9.78 Å². The lowest BCUT2D eigenvalue weighted by Gasteiger charge is -2.21. The Bertz CT molecular complexity index is 493. The highest BCUT2D eigenvalue weighted by Gasteiger charge is 2.20. The number of carboxylic acids is 1. The van der Waals surface area contributed by atoms with E-state index in [1.54, 1.807) is 18.9 Å². The van der Waals surface area contributed by atoms with Gasteiger partial charge in [0, 0.05) is 24.3 Å². The van der Waals surface area contributed by atoms with Crippen LogP contribution in [0.1, 0.15) is 24.2 Å². The first-order valence-electron chi connectivity index (χ1n) is 5.77. The molecule has 0 saturated heterocycles. The molecule has 2 N–H and O–H groups in total. The van der Waals surface area contributed by atoms with E-state index >= 15 is 0 Å². The van der Waals surface area contributed by atoms with Gasteiger partial charge in [-0.1, -0.05) is 0 Å². The van der Waals surface area contributed by atoms with Gasteiger partial charge in [-0.3, -0.25) is 4.79 Å². The van der Waals surface area contributed by atoms with Gasteiger partial charge in [0.05, 0.1) is 0 Å². The number of halogens is 1. The fourth-order valence-corrected chi connectivity index (χ4v) is 1.80. The lowest BCUT2D eigenvalue weighted by atomic mass is 10.2. The van der Waals surface area contributed by atoms with Crippen molar-refractivity contribution < 1.29 is 14.7 Å². The number of carboxylic acid groups (broad SMARTS) is 1. The Kier molecular flexibility index (Phi) is 5.29. The summed E-state index contributed by atoms with van der Waals surface area (Å²) in [4.78, 5) is 28.6. The van der Waals surface area contributed by atoms with Crippen LogP contribution in [0.3, 0.4) is 0 Å². The Balaban J connectivity index is 2.93. The minimum absolute atomic E-state index is 0.0215. The van der Waals surface area contributed by atoms with Crippen molar-refractivity contribution in [3.8, 4) is 0 Å². The molecule has 0 bridgehead atoms. The van der Waals surface area contributed by atoms with E-state index in [1.165, 1.54) is 12.3 Å². The summed E-state index contributed by atoms with van der Waals surface area (Å²) in [6.45, 7) is 4.12. The predicted molar refractivity (Wildman–Crippen MR) is 75.3 cm³/mol. The molecule has 0 aliphatic carbocycles. The van der Waals surface area contributed by atoms with Crippen molar-refractivity contribution >= 4 is 33.6 Å². The molecule has 1 heterocycles.